The molecular weight excluding hydrogens is 338 g/mol. The van der Waals surface area contributed by atoms with Crippen molar-refractivity contribution in [3.63, 3.8) is 0 Å². The number of piperazine rings is 1. The third-order valence-electron chi connectivity index (χ3n) is 4.84. The number of carbonyl (C=O) groups is 2. The van der Waals surface area contributed by atoms with Crippen LogP contribution in [0.1, 0.15) is 45.2 Å². The monoisotopic (exact) mass is 373 g/mol. The topological polar surface area (TPSA) is 52.7 Å². The van der Waals surface area contributed by atoms with Crippen molar-refractivity contribution in [3.8, 4) is 0 Å². The smallest absolute Gasteiger partial charge is 0.237 e. The van der Waals surface area contributed by atoms with Gasteiger partial charge in [0.2, 0.25) is 11.8 Å². The van der Waals surface area contributed by atoms with Gasteiger partial charge in [-0.25, -0.2) is 0 Å². The van der Waals surface area contributed by atoms with Crippen molar-refractivity contribution >= 4 is 11.8 Å². The molecule has 1 atom stereocenters. The van der Waals surface area contributed by atoms with Crippen LogP contribution in [0, 0.1) is 18.8 Å². The number of hydrogen-bond donors (Lipinski definition) is 1. The van der Waals surface area contributed by atoms with Crippen LogP contribution < -0.4 is 5.32 Å². The summed E-state index contributed by atoms with van der Waals surface area (Å²) in [4.78, 5) is 29.6. The molecule has 1 N–H and O–H groups in total. The third-order valence-corrected chi connectivity index (χ3v) is 4.84. The van der Waals surface area contributed by atoms with E-state index in [1.165, 1.54) is 11.1 Å². The molecule has 0 saturated carbocycles. The number of carbonyl (C=O) groups excluding carboxylic acids is 2. The Bertz CT molecular complexity index is 615. The number of amides is 2. The highest BCUT2D eigenvalue weighted by Crippen LogP contribution is 2.17. The second-order valence-corrected chi connectivity index (χ2v) is 8.55. The fourth-order valence-electron chi connectivity index (χ4n) is 3.56. The van der Waals surface area contributed by atoms with Crippen LogP contribution >= 0.6 is 0 Å². The second kappa shape index (κ2) is 9.88. The molecule has 2 rings (SSSR count). The molecule has 1 fully saturated rings. The molecule has 0 aliphatic carbocycles. The van der Waals surface area contributed by atoms with Gasteiger partial charge in [0.25, 0.3) is 0 Å². The van der Waals surface area contributed by atoms with Gasteiger partial charge in [-0.3, -0.25) is 14.5 Å². The Morgan fingerprint density at radius 2 is 1.74 bits per heavy atom. The minimum atomic E-state index is -0.394. The molecule has 0 aromatic heterocycles. The summed E-state index contributed by atoms with van der Waals surface area (Å²) in [6.07, 6.45) is 0.247. The molecule has 0 unspecified atom stereocenters. The van der Waals surface area contributed by atoms with Gasteiger partial charge in [0.1, 0.15) is 0 Å². The molecule has 5 heteroatoms. The van der Waals surface area contributed by atoms with Gasteiger partial charge in [-0.2, -0.15) is 0 Å². The first-order valence-electron chi connectivity index (χ1n) is 10.1. The minimum absolute atomic E-state index is 0.0317. The Labute approximate surface area is 164 Å². The number of hydrogen-bond acceptors (Lipinski definition) is 3. The lowest BCUT2D eigenvalue weighted by atomic mass is 10.0. The minimum Gasteiger partial charge on any atom is -0.353 e. The van der Waals surface area contributed by atoms with Crippen molar-refractivity contribution in [1.29, 1.82) is 0 Å². The molecule has 5 nitrogen and oxygen atoms in total. The predicted octanol–water partition coefficient (Wildman–Crippen LogP) is 2.83. The van der Waals surface area contributed by atoms with E-state index in [1.54, 1.807) is 0 Å². The van der Waals surface area contributed by atoms with Crippen LogP contribution in [0.2, 0.25) is 0 Å². The first-order chi connectivity index (χ1) is 12.8. The Balaban J connectivity index is 2.09. The molecule has 2 amide bonds. The van der Waals surface area contributed by atoms with Gasteiger partial charge in [0, 0.05) is 32.7 Å². The summed E-state index contributed by atoms with van der Waals surface area (Å²) >= 11 is 0. The molecule has 1 aliphatic heterocycles. The standard InChI is InChI=1S/C22H35N3O2/c1-16(2)13-25(14-17(3)4)21(26)12-20-22(27)23-10-11-24(20)15-19-8-6-18(5)7-9-19/h6-9,16-17,20H,10-15H2,1-5H3,(H,23,27)/t20-/m0/s1. The molecule has 1 aromatic carbocycles. The predicted molar refractivity (Wildman–Crippen MR) is 109 cm³/mol. The van der Waals surface area contributed by atoms with E-state index in [-0.39, 0.29) is 18.2 Å². The molecule has 0 bridgehead atoms. The lowest BCUT2D eigenvalue weighted by molar-refractivity contribution is -0.139. The van der Waals surface area contributed by atoms with Crippen molar-refractivity contribution < 1.29 is 9.59 Å². The highest BCUT2D eigenvalue weighted by atomic mass is 16.2. The van der Waals surface area contributed by atoms with E-state index < -0.39 is 6.04 Å². The van der Waals surface area contributed by atoms with Gasteiger partial charge in [0.15, 0.2) is 0 Å². The summed E-state index contributed by atoms with van der Waals surface area (Å²) in [5, 5.41) is 2.93. The van der Waals surface area contributed by atoms with Crippen molar-refractivity contribution in [2.75, 3.05) is 26.2 Å². The van der Waals surface area contributed by atoms with Crippen LogP contribution in [0.5, 0.6) is 0 Å². The summed E-state index contributed by atoms with van der Waals surface area (Å²) in [5.41, 5.74) is 2.40. The van der Waals surface area contributed by atoms with E-state index in [2.05, 4.69) is 69.1 Å². The summed E-state index contributed by atoms with van der Waals surface area (Å²) in [5.74, 6) is 0.872. The zero-order valence-electron chi connectivity index (χ0n) is 17.5. The Kier molecular flexibility index (Phi) is 7.84. The number of rotatable bonds is 8. The first kappa shape index (κ1) is 21.4. The molecule has 0 radical (unpaired) electrons. The summed E-state index contributed by atoms with van der Waals surface area (Å²) in [6, 6.07) is 7.99. The first-order valence-corrected chi connectivity index (χ1v) is 10.1. The summed E-state index contributed by atoms with van der Waals surface area (Å²) < 4.78 is 0. The number of aryl methyl sites for hydroxylation is 1. The number of nitrogens with one attached hydrogen (secondary N) is 1. The van der Waals surface area contributed by atoms with Crippen LogP contribution in [0.15, 0.2) is 24.3 Å². The molecule has 1 aliphatic rings. The normalized spacial score (nSPS) is 18.0. The van der Waals surface area contributed by atoms with Gasteiger partial charge in [-0.05, 0) is 24.3 Å². The maximum Gasteiger partial charge on any atom is 0.237 e. The van der Waals surface area contributed by atoms with Crippen molar-refractivity contribution in [3.05, 3.63) is 35.4 Å². The number of benzene rings is 1. The lowest BCUT2D eigenvalue weighted by Gasteiger charge is -2.36. The molecule has 1 aromatic rings. The second-order valence-electron chi connectivity index (χ2n) is 8.55. The van der Waals surface area contributed by atoms with Gasteiger partial charge in [-0.15, -0.1) is 0 Å². The zero-order valence-corrected chi connectivity index (χ0v) is 17.5. The van der Waals surface area contributed by atoms with E-state index in [4.69, 9.17) is 0 Å². The maximum absolute atomic E-state index is 13.0. The molecule has 27 heavy (non-hydrogen) atoms. The molecule has 0 spiro atoms. The highest BCUT2D eigenvalue weighted by Gasteiger charge is 2.33. The van der Waals surface area contributed by atoms with E-state index in [9.17, 15) is 9.59 Å². The van der Waals surface area contributed by atoms with Crippen molar-refractivity contribution in [2.24, 2.45) is 11.8 Å². The van der Waals surface area contributed by atoms with Crippen LogP contribution in [-0.4, -0.2) is 53.8 Å². The van der Waals surface area contributed by atoms with Crippen molar-refractivity contribution in [1.82, 2.24) is 15.1 Å². The average Bonchev–Trinajstić information content (AvgIpc) is 2.58. The molecular formula is C22H35N3O2. The summed E-state index contributed by atoms with van der Waals surface area (Å²) in [7, 11) is 0. The number of nitrogens with zero attached hydrogens (tertiary/aromatic N) is 2. The van der Waals surface area contributed by atoms with E-state index in [0.29, 0.717) is 24.9 Å². The van der Waals surface area contributed by atoms with Crippen molar-refractivity contribution in [2.45, 2.75) is 53.6 Å². The van der Waals surface area contributed by atoms with Gasteiger partial charge in [0.05, 0.1) is 12.5 Å². The van der Waals surface area contributed by atoms with Crippen LogP contribution in [0.4, 0.5) is 0 Å². The fourth-order valence-corrected chi connectivity index (χ4v) is 3.56. The third kappa shape index (κ3) is 6.65. The molecule has 1 heterocycles. The van der Waals surface area contributed by atoms with Gasteiger partial charge >= 0.3 is 0 Å². The average molecular weight is 374 g/mol. The fraction of sp³-hybridized carbons (Fsp3) is 0.636. The van der Waals surface area contributed by atoms with E-state index in [0.717, 1.165) is 19.6 Å². The maximum atomic E-state index is 13.0. The van der Waals surface area contributed by atoms with E-state index >= 15 is 0 Å². The summed E-state index contributed by atoms with van der Waals surface area (Å²) in [6.45, 7) is 14.1. The molecule has 1 saturated heterocycles. The Morgan fingerprint density at radius 1 is 1.15 bits per heavy atom. The molecule has 150 valence electrons. The van der Waals surface area contributed by atoms with Crippen LogP contribution in [0.3, 0.4) is 0 Å². The van der Waals surface area contributed by atoms with Crippen LogP contribution in [-0.2, 0) is 16.1 Å². The van der Waals surface area contributed by atoms with Crippen LogP contribution in [0.25, 0.3) is 0 Å². The zero-order chi connectivity index (χ0) is 20.0. The lowest BCUT2D eigenvalue weighted by Crippen LogP contribution is -2.56. The van der Waals surface area contributed by atoms with Gasteiger partial charge in [-0.1, -0.05) is 57.5 Å². The van der Waals surface area contributed by atoms with E-state index in [1.807, 2.05) is 4.90 Å². The SMILES string of the molecule is Cc1ccc(CN2CCNC(=O)[C@@H]2CC(=O)N(CC(C)C)CC(C)C)cc1. The Hall–Kier alpha value is -1.88. The highest BCUT2D eigenvalue weighted by molar-refractivity contribution is 5.88. The Morgan fingerprint density at radius 3 is 2.30 bits per heavy atom. The largest absolute Gasteiger partial charge is 0.353 e. The van der Waals surface area contributed by atoms with Gasteiger partial charge < -0.3 is 10.2 Å². The quantitative estimate of drug-likeness (QED) is 0.762.